The molecule has 5 nitrogen and oxygen atoms in total. The van der Waals surface area contributed by atoms with Crippen molar-refractivity contribution in [3.8, 4) is 0 Å². The Morgan fingerprint density at radius 3 is 2.44 bits per heavy atom. The van der Waals surface area contributed by atoms with Gasteiger partial charge in [-0.3, -0.25) is 9.59 Å². The minimum Gasteiger partial charge on any atom is -0.467 e. The van der Waals surface area contributed by atoms with Crippen molar-refractivity contribution in [1.82, 2.24) is 9.80 Å². The lowest BCUT2D eigenvalue weighted by Crippen LogP contribution is -2.41. The van der Waals surface area contributed by atoms with Crippen molar-refractivity contribution < 1.29 is 18.4 Å². The normalized spacial score (nSPS) is 10.3. The first-order valence-electron chi connectivity index (χ1n) is 7.90. The van der Waals surface area contributed by atoms with Crippen LogP contribution in [0.15, 0.2) is 59.7 Å². The third-order valence-electron chi connectivity index (χ3n) is 3.69. The minimum absolute atomic E-state index is 0.0523. The predicted octanol–water partition coefficient (Wildman–Crippen LogP) is 2.98. The first-order chi connectivity index (χ1) is 12.0. The molecule has 0 radical (unpaired) electrons. The summed E-state index contributed by atoms with van der Waals surface area (Å²) in [4.78, 5) is 27.4. The maximum absolute atomic E-state index is 13.1. The fourth-order valence-electron chi connectivity index (χ4n) is 2.36. The number of hydrogen-bond donors (Lipinski definition) is 0. The number of amides is 2. The summed E-state index contributed by atoms with van der Waals surface area (Å²) in [6, 6.07) is 9.48. The number of carbonyl (C=O) groups is 2. The molecule has 0 spiro atoms. The van der Waals surface area contributed by atoms with Crippen LogP contribution in [0.5, 0.6) is 0 Å². The van der Waals surface area contributed by atoms with Crippen molar-refractivity contribution in [1.29, 1.82) is 0 Å². The van der Waals surface area contributed by atoms with E-state index in [2.05, 4.69) is 6.58 Å². The van der Waals surface area contributed by atoms with Crippen molar-refractivity contribution in [3.63, 3.8) is 0 Å². The first kappa shape index (κ1) is 18.4. The van der Waals surface area contributed by atoms with Gasteiger partial charge in [-0.1, -0.05) is 18.2 Å². The lowest BCUT2D eigenvalue weighted by molar-refractivity contribution is -0.140. The zero-order chi connectivity index (χ0) is 18.2. The Balaban J connectivity index is 2.14. The molecule has 6 heteroatoms. The van der Waals surface area contributed by atoms with Crippen LogP contribution in [0.1, 0.15) is 18.2 Å². The molecule has 132 valence electrons. The number of nitrogens with zero attached hydrogens (tertiary/aromatic N) is 2. The molecule has 0 fully saturated rings. The SMILES string of the molecule is C=CCN(CC(=O)N(Cc1ccc(F)cc1)Cc1ccco1)C(C)=O. The molecule has 2 amide bonds. The summed E-state index contributed by atoms with van der Waals surface area (Å²) in [5, 5.41) is 0. The van der Waals surface area contributed by atoms with Crippen LogP contribution in [0.25, 0.3) is 0 Å². The number of hydrogen-bond acceptors (Lipinski definition) is 3. The molecule has 2 aromatic rings. The van der Waals surface area contributed by atoms with Crippen LogP contribution in [0, 0.1) is 5.82 Å². The monoisotopic (exact) mass is 344 g/mol. The van der Waals surface area contributed by atoms with E-state index in [4.69, 9.17) is 4.42 Å². The van der Waals surface area contributed by atoms with Crippen LogP contribution < -0.4 is 0 Å². The Morgan fingerprint density at radius 1 is 1.16 bits per heavy atom. The molecule has 1 aromatic heterocycles. The second kappa shape index (κ2) is 8.82. The van der Waals surface area contributed by atoms with Gasteiger partial charge in [0.2, 0.25) is 11.8 Å². The van der Waals surface area contributed by atoms with Crippen molar-refractivity contribution in [2.75, 3.05) is 13.1 Å². The smallest absolute Gasteiger partial charge is 0.242 e. The molecular formula is C19H21FN2O3. The summed E-state index contributed by atoms with van der Waals surface area (Å²) in [6.45, 7) is 5.82. The topological polar surface area (TPSA) is 53.8 Å². The molecule has 0 bridgehead atoms. The Hall–Kier alpha value is -2.89. The van der Waals surface area contributed by atoms with E-state index in [0.29, 0.717) is 18.8 Å². The third-order valence-corrected chi connectivity index (χ3v) is 3.69. The summed E-state index contributed by atoms with van der Waals surface area (Å²) in [5.41, 5.74) is 0.791. The third kappa shape index (κ3) is 5.60. The lowest BCUT2D eigenvalue weighted by Gasteiger charge is -2.26. The maximum atomic E-state index is 13.1. The van der Waals surface area contributed by atoms with Crippen LogP contribution in [-0.4, -0.2) is 34.7 Å². The highest BCUT2D eigenvalue weighted by Gasteiger charge is 2.20. The van der Waals surface area contributed by atoms with Crippen molar-refractivity contribution in [3.05, 3.63) is 72.5 Å². The van der Waals surface area contributed by atoms with Gasteiger partial charge in [0.15, 0.2) is 0 Å². The van der Waals surface area contributed by atoms with E-state index in [1.807, 2.05) is 0 Å². The molecular weight excluding hydrogens is 323 g/mol. The Morgan fingerprint density at radius 2 is 1.88 bits per heavy atom. The molecule has 0 atom stereocenters. The van der Waals surface area contributed by atoms with E-state index >= 15 is 0 Å². The molecule has 0 N–H and O–H groups in total. The van der Waals surface area contributed by atoms with Crippen LogP contribution in [-0.2, 0) is 22.7 Å². The van der Waals surface area contributed by atoms with Gasteiger partial charge in [-0.25, -0.2) is 4.39 Å². The number of carbonyl (C=O) groups excluding carboxylic acids is 2. The fraction of sp³-hybridized carbons (Fsp3) is 0.263. The Kier molecular flexibility index (Phi) is 6.51. The summed E-state index contributed by atoms with van der Waals surface area (Å²) in [6.07, 6.45) is 3.11. The van der Waals surface area contributed by atoms with Crippen LogP contribution in [0.4, 0.5) is 4.39 Å². The van der Waals surface area contributed by atoms with Crippen molar-refractivity contribution in [2.45, 2.75) is 20.0 Å². The van der Waals surface area contributed by atoms with Gasteiger partial charge in [-0.05, 0) is 29.8 Å². The molecule has 2 rings (SSSR count). The van der Waals surface area contributed by atoms with Gasteiger partial charge in [0.1, 0.15) is 18.1 Å². The molecule has 0 aliphatic rings. The highest BCUT2D eigenvalue weighted by atomic mass is 19.1. The van der Waals surface area contributed by atoms with Gasteiger partial charge < -0.3 is 14.2 Å². The average Bonchev–Trinajstić information content (AvgIpc) is 3.08. The standard InChI is InChI=1S/C19H21FN2O3/c1-3-10-21(15(2)23)14-19(24)22(13-18-5-4-11-25-18)12-16-6-8-17(20)9-7-16/h3-9,11H,1,10,12-14H2,2H3. The fourth-order valence-corrected chi connectivity index (χ4v) is 2.36. The van der Waals surface area contributed by atoms with Gasteiger partial charge >= 0.3 is 0 Å². The van der Waals surface area contributed by atoms with E-state index in [1.165, 1.54) is 30.2 Å². The Labute approximate surface area is 146 Å². The van der Waals surface area contributed by atoms with Gasteiger partial charge in [-0.2, -0.15) is 0 Å². The van der Waals surface area contributed by atoms with E-state index in [1.54, 1.807) is 35.2 Å². The lowest BCUT2D eigenvalue weighted by atomic mass is 10.2. The number of rotatable bonds is 8. The second-order valence-electron chi connectivity index (χ2n) is 5.64. The zero-order valence-electron chi connectivity index (χ0n) is 14.2. The molecule has 0 saturated heterocycles. The van der Waals surface area contributed by atoms with Gasteiger partial charge in [0.05, 0.1) is 12.8 Å². The Bertz CT molecular complexity index is 711. The highest BCUT2D eigenvalue weighted by molar-refractivity contribution is 5.84. The zero-order valence-corrected chi connectivity index (χ0v) is 14.2. The van der Waals surface area contributed by atoms with E-state index < -0.39 is 0 Å². The van der Waals surface area contributed by atoms with Crippen LogP contribution in [0.3, 0.4) is 0 Å². The molecule has 25 heavy (non-hydrogen) atoms. The molecule has 0 aliphatic heterocycles. The molecule has 1 aromatic carbocycles. The van der Waals surface area contributed by atoms with Crippen LogP contribution >= 0.6 is 0 Å². The minimum atomic E-state index is -0.332. The van der Waals surface area contributed by atoms with Crippen molar-refractivity contribution in [2.24, 2.45) is 0 Å². The maximum Gasteiger partial charge on any atom is 0.242 e. The first-order valence-corrected chi connectivity index (χ1v) is 7.90. The second-order valence-corrected chi connectivity index (χ2v) is 5.64. The molecule has 0 unspecified atom stereocenters. The van der Waals surface area contributed by atoms with E-state index in [0.717, 1.165) is 5.56 Å². The predicted molar refractivity (Wildman–Crippen MR) is 91.8 cm³/mol. The summed E-state index contributed by atoms with van der Waals surface area (Å²) in [7, 11) is 0. The van der Waals surface area contributed by atoms with E-state index in [-0.39, 0.29) is 30.7 Å². The number of halogens is 1. The highest BCUT2D eigenvalue weighted by Crippen LogP contribution is 2.12. The van der Waals surface area contributed by atoms with Gasteiger partial charge in [0.25, 0.3) is 0 Å². The van der Waals surface area contributed by atoms with Crippen molar-refractivity contribution >= 4 is 11.8 Å². The largest absolute Gasteiger partial charge is 0.467 e. The van der Waals surface area contributed by atoms with Gasteiger partial charge in [0, 0.05) is 20.0 Å². The number of furan rings is 1. The van der Waals surface area contributed by atoms with E-state index in [9.17, 15) is 14.0 Å². The molecule has 1 heterocycles. The molecule has 0 aliphatic carbocycles. The van der Waals surface area contributed by atoms with Crippen LogP contribution in [0.2, 0.25) is 0 Å². The average molecular weight is 344 g/mol. The summed E-state index contributed by atoms with van der Waals surface area (Å²) in [5.74, 6) is -0.124. The number of benzene rings is 1. The quantitative estimate of drug-likeness (QED) is 0.692. The molecule has 0 saturated carbocycles. The summed E-state index contributed by atoms with van der Waals surface area (Å²) < 4.78 is 18.4. The summed E-state index contributed by atoms with van der Waals surface area (Å²) >= 11 is 0. The van der Waals surface area contributed by atoms with Gasteiger partial charge in [-0.15, -0.1) is 6.58 Å².